The molecular weight excluding hydrogens is 238 g/mol. The van der Waals surface area contributed by atoms with Gasteiger partial charge in [-0.15, -0.1) is 0 Å². The smallest absolute Gasteiger partial charge is 0.227 e. The third kappa shape index (κ3) is 3.93. The van der Waals surface area contributed by atoms with Gasteiger partial charge in [0.15, 0.2) is 0 Å². The van der Waals surface area contributed by atoms with Crippen LogP contribution in [0.15, 0.2) is 0 Å². The Morgan fingerprint density at radius 1 is 1.42 bits per heavy atom. The van der Waals surface area contributed by atoms with Gasteiger partial charge in [-0.3, -0.25) is 4.79 Å². The van der Waals surface area contributed by atoms with Gasteiger partial charge in [0.05, 0.1) is 5.41 Å². The fourth-order valence-electron chi connectivity index (χ4n) is 2.71. The summed E-state index contributed by atoms with van der Waals surface area (Å²) >= 11 is 0. The number of likely N-dealkylation sites (N-methyl/N-ethyl adjacent to an activating group) is 1. The zero-order chi connectivity index (χ0) is 14.5. The van der Waals surface area contributed by atoms with E-state index in [9.17, 15) is 4.79 Å². The summed E-state index contributed by atoms with van der Waals surface area (Å²) in [6.07, 6.45) is 2.10. The van der Waals surface area contributed by atoms with Gasteiger partial charge >= 0.3 is 0 Å². The molecule has 4 heteroatoms. The van der Waals surface area contributed by atoms with Crippen LogP contribution in [0.4, 0.5) is 0 Å². The van der Waals surface area contributed by atoms with Crippen LogP contribution < -0.4 is 10.6 Å². The summed E-state index contributed by atoms with van der Waals surface area (Å²) < 4.78 is 0. The normalized spacial score (nSPS) is 25.0. The maximum atomic E-state index is 12.5. The van der Waals surface area contributed by atoms with Crippen molar-refractivity contribution in [2.45, 2.75) is 46.6 Å². The van der Waals surface area contributed by atoms with Crippen LogP contribution in [-0.4, -0.2) is 50.1 Å². The van der Waals surface area contributed by atoms with Crippen molar-refractivity contribution in [3.63, 3.8) is 0 Å². The fourth-order valence-corrected chi connectivity index (χ4v) is 2.71. The minimum Gasteiger partial charge on any atom is -0.354 e. The molecule has 0 saturated carbocycles. The van der Waals surface area contributed by atoms with Crippen molar-refractivity contribution in [3.8, 4) is 0 Å². The highest BCUT2D eigenvalue weighted by Crippen LogP contribution is 2.34. The van der Waals surface area contributed by atoms with E-state index in [4.69, 9.17) is 0 Å². The molecule has 112 valence electrons. The van der Waals surface area contributed by atoms with Crippen LogP contribution in [0.5, 0.6) is 0 Å². The Hall–Kier alpha value is -0.610. The maximum Gasteiger partial charge on any atom is 0.227 e. The molecule has 0 aromatic rings. The van der Waals surface area contributed by atoms with E-state index in [2.05, 4.69) is 50.3 Å². The van der Waals surface area contributed by atoms with Crippen LogP contribution in [0.3, 0.4) is 0 Å². The standard InChI is InChI=1S/C15H31N3O/c1-6-13(4)18(5)10-9-17-14(19)15(12(2)3)7-8-16-11-15/h12-13,16H,6-11H2,1-5H3,(H,17,19). The number of nitrogens with one attached hydrogen (secondary N) is 2. The molecule has 0 bridgehead atoms. The first-order valence-corrected chi connectivity index (χ1v) is 7.63. The van der Waals surface area contributed by atoms with E-state index < -0.39 is 0 Å². The molecule has 1 rings (SSSR count). The molecule has 2 atom stereocenters. The van der Waals surface area contributed by atoms with Crippen LogP contribution in [0.2, 0.25) is 0 Å². The fraction of sp³-hybridized carbons (Fsp3) is 0.933. The zero-order valence-electron chi connectivity index (χ0n) is 13.3. The molecule has 1 aliphatic heterocycles. The SMILES string of the molecule is CCC(C)N(C)CCNC(=O)C1(C(C)C)CCNC1. The predicted octanol–water partition coefficient (Wildman–Crippen LogP) is 1.47. The van der Waals surface area contributed by atoms with E-state index >= 15 is 0 Å². The highest BCUT2D eigenvalue weighted by molar-refractivity contribution is 5.83. The second-order valence-corrected chi connectivity index (χ2v) is 6.23. The van der Waals surface area contributed by atoms with Gasteiger partial charge in [0.25, 0.3) is 0 Å². The van der Waals surface area contributed by atoms with Crippen molar-refractivity contribution in [1.29, 1.82) is 0 Å². The van der Waals surface area contributed by atoms with E-state index in [1.807, 2.05) is 0 Å². The summed E-state index contributed by atoms with van der Waals surface area (Å²) in [6.45, 7) is 12.2. The third-order valence-corrected chi connectivity index (χ3v) is 4.84. The lowest BCUT2D eigenvalue weighted by Crippen LogP contribution is -2.48. The Kier molecular flexibility index (Phi) is 6.27. The minimum atomic E-state index is -0.199. The number of nitrogens with zero attached hydrogens (tertiary/aromatic N) is 1. The summed E-state index contributed by atoms with van der Waals surface area (Å²) in [6, 6.07) is 0.573. The largest absolute Gasteiger partial charge is 0.354 e. The van der Waals surface area contributed by atoms with Crippen LogP contribution >= 0.6 is 0 Å². The van der Waals surface area contributed by atoms with E-state index in [0.717, 1.165) is 39.0 Å². The maximum absolute atomic E-state index is 12.5. The highest BCUT2D eigenvalue weighted by Gasteiger charge is 2.43. The Morgan fingerprint density at radius 3 is 2.58 bits per heavy atom. The summed E-state index contributed by atoms with van der Waals surface area (Å²) in [5.74, 6) is 0.611. The van der Waals surface area contributed by atoms with Gasteiger partial charge in [-0.05, 0) is 39.3 Å². The third-order valence-electron chi connectivity index (χ3n) is 4.84. The number of hydrogen-bond acceptors (Lipinski definition) is 3. The van der Waals surface area contributed by atoms with Crippen molar-refractivity contribution in [2.75, 3.05) is 33.2 Å². The second-order valence-electron chi connectivity index (χ2n) is 6.23. The van der Waals surface area contributed by atoms with Crippen molar-refractivity contribution in [3.05, 3.63) is 0 Å². The topological polar surface area (TPSA) is 44.4 Å². The molecule has 19 heavy (non-hydrogen) atoms. The Labute approximate surface area is 118 Å². The molecular formula is C15H31N3O. The second kappa shape index (κ2) is 7.25. The van der Waals surface area contributed by atoms with Gasteiger partial charge in [-0.2, -0.15) is 0 Å². The minimum absolute atomic E-state index is 0.199. The van der Waals surface area contributed by atoms with E-state index in [1.54, 1.807) is 0 Å². The van der Waals surface area contributed by atoms with E-state index in [-0.39, 0.29) is 11.3 Å². The summed E-state index contributed by atoms with van der Waals surface area (Å²) in [5, 5.41) is 6.47. The average molecular weight is 269 g/mol. The molecule has 1 saturated heterocycles. The van der Waals surface area contributed by atoms with Gasteiger partial charge in [0.1, 0.15) is 0 Å². The van der Waals surface area contributed by atoms with Crippen LogP contribution in [0, 0.1) is 11.3 Å². The molecule has 0 aromatic carbocycles. The van der Waals surface area contributed by atoms with Gasteiger partial charge < -0.3 is 15.5 Å². The lowest BCUT2D eigenvalue weighted by molar-refractivity contribution is -0.132. The van der Waals surface area contributed by atoms with E-state index in [1.165, 1.54) is 0 Å². The summed E-state index contributed by atoms with van der Waals surface area (Å²) in [7, 11) is 2.12. The van der Waals surface area contributed by atoms with Crippen molar-refractivity contribution in [1.82, 2.24) is 15.5 Å². The van der Waals surface area contributed by atoms with Crippen LogP contribution in [-0.2, 0) is 4.79 Å². The van der Waals surface area contributed by atoms with Crippen molar-refractivity contribution in [2.24, 2.45) is 11.3 Å². The van der Waals surface area contributed by atoms with Crippen molar-refractivity contribution < 1.29 is 4.79 Å². The number of amides is 1. The predicted molar refractivity (Wildman–Crippen MR) is 80.2 cm³/mol. The lowest BCUT2D eigenvalue weighted by atomic mass is 9.75. The molecule has 1 aliphatic rings. The first-order valence-electron chi connectivity index (χ1n) is 7.63. The van der Waals surface area contributed by atoms with Gasteiger partial charge in [-0.25, -0.2) is 0 Å². The van der Waals surface area contributed by atoms with Crippen molar-refractivity contribution >= 4 is 5.91 Å². The quantitative estimate of drug-likeness (QED) is 0.735. The van der Waals surface area contributed by atoms with Gasteiger partial charge in [0, 0.05) is 25.7 Å². The molecule has 2 unspecified atom stereocenters. The molecule has 0 spiro atoms. The molecule has 2 N–H and O–H groups in total. The van der Waals surface area contributed by atoms with E-state index in [0.29, 0.717) is 12.0 Å². The number of hydrogen-bond donors (Lipinski definition) is 2. The first-order chi connectivity index (χ1) is 8.94. The molecule has 0 radical (unpaired) electrons. The molecule has 1 heterocycles. The number of rotatable bonds is 7. The Bertz CT molecular complexity index is 285. The lowest BCUT2D eigenvalue weighted by Gasteiger charge is -2.31. The van der Waals surface area contributed by atoms with Crippen LogP contribution in [0.25, 0.3) is 0 Å². The zero-order valence-corrected chi connectivity index (χ0v) is 13.3. The molecule has 1 amide bonds. The number of carbonyl (C=O) groups is 1. The summed E-state index contributed by atoms with van der Waals surface area (Å²) in [4.78, 5) is 14.8. The highest BCUT2D eigenvalue weighted by atomic mass is 16.2. The van der Waals surface area contributed by atoms with Gasteiger partial charge in [0.2, 0.25) is 5.91 Å². The summed E-state index contributed by atoms with van der Waals surface area (Å²) in [5.41, 5.74) is -0.199. The Balaban J connectivity index is 2.42. The Morgan fingerprint density at radius 2 is 2.11 bits per heavy atom. The number of carbonyl (C=O) groups excluding carboxylic acids is 1. The monoisotopic (exact) mass is 269 g/mol. The van der Waals surface area contributed by atoms with Gasteiger partial charge in [-0.1, -0.05) is 20.8 Å². The van der Waals surface area contributed by atoms with Crippen LogP contribution in [0.1, 0.15) is 40.5 Å². The molecule has 1 fully saturated rings. The molecule has 0 aromatic heterocycles. The molecule has 4 nitrogen and oxygen atoms in total. The first kappa shape index (κ1) is 16.4. The molecule has 0 aliphatic carbocycles. The average Bonchev–Trinajstić information content (AvgIpc) is 2.88.